The van der Waals surface area contributed by atoms with E-state index in [-0.39, 0.29) is 16.8 Å². The number of para-hydroxylation sites is 1. The van der Waals surface area contributed by atoms with E-state index in [2.05, 4.69) is 10.0 Å². The number of aryl methyl sites for hydroxylation is 1. The van der Waals surface area contributed by atoms with Gasteiger partial charge in [0.15, 0.2) is 0 Å². The summed E-state index contributed by atoms with van der Waals surface area (Å²) in [5, 5.41) is 2.91. The van der Waals surface area contributed by atoms with Crippen molar-refractivity contribution in [3.05, 3.63) is 95.6 Å². The van der Waals surface area contributed by atoms with Gasteiger partial charge in [-0.25, -0.2) is 8.42 Å². The third-order valence-corrected chi connectivity index (χ3v) is 5.94. The Morgan fingerprint density at radius 3 is 2.14 bits per heavy atom. The lowest BCUT2D eigenvalue weighted by molar-refractivity contribution is 0.0939. The summed E-state index contributed by atoms with van der Waals surface area (Å²) < 4.78 is 28.1. The minimum absolute atomic E-state index is 0.0800. The second-order valence-corrected chi connectivity index (χ2v) is 8.21. The average Bonchev–Trinajstić information content (AvgIpc) is 2.69. The van der Waals surface area contributed by atoms with Crippen molar-refractivity contribution in [1.29, 1.82) is 0 Å². The highest BCUT2D eigenvalue weighted by atomic mass is 32.2. The van der Waals surface area contributed by atoms with Crippen LogP contribution in [0, 0.1) is 6.92 Å². The molecule has 5 nitrogen and oxygen atoms in total. The molecule has 0 saturated heterocycles. The van der Waals surface area contributed by atoms with E-state index in [1.807, 2.05) is 43.3 Å². The molecule has 1 unspecified atom stereocenters. The zero-order chi connectivity index (χ0) is 20.1. The van der Waals surface area contributed by atoms with E-state index in [0.29, 0.717) is 16.8 Å². The number of amides is 1. The molecule has 0 saturated carbocycles. The summed E-state index contributed by atoms with van der Waals surface area (Å²) in [5.74, 6) is -0.326. The fourth-order valence-corrected chi connectivity index (χ4v) is 4.18. The molecule has 1 amide bonds. The molecule has 0 bridgehead atoms. The first-order valence-electron chi connectivity index (χ1n) is 8.91. The highest BCUT2D eigenvalue weighted by molar-refractivity contribution is 7.92. The Bertz CT molecular complexity index is 1070. The topological polar surface area (TPSA) is 75.3 Å². The summed E-state index contributed by atoms with van der Waals surface area (Å²) in [6, 6.07) is 22.7. The van der Waals surface area contributed by atoms with Crippen LogP contribution in [0.4, 0.5) is 5.69 Å². The minimum atomic E-state index is -3.81. The molecule has 0 fully saturated rings. The normalized spacial score (nSPS) is 12.2. The molecule has 144 valence electrons. The molecular weight excluding hydrogens is 372 g/mol. The third kappa shape index (κ3) is 4.58. The Morgan fingerprint density at radius 1 is 0.893 bits per heavy atom. The number of carbonyl (C=O) groups excluding carboxylic acids is 1. The summed E-state index contributed by atoms with van der Waals surface area (Å²) in [5.41, 5.74) is 2.30. The van der Waals surface area contributed by atoms with E-state index in [4.69, 9.17) is 0 Å². The molecule has 0 aromatic heterocycles. The third-order valence-electron chi connectivity index (χ3n) is 4.41. The maximum Gasteiger partial charge on any atom is 0.262 e. The Kier molecular flexibility index (Phi) is 5.80. The molecule has 0 spiro atoms. The van der Waals surface area contributed by atoms with Crippen molar-refractivity contribution in [1.82, 2.24) is 5.32 Å². The summed E-state index contributed by atoms with van der Waals surface area (Å²) in [6.45, 7) is 3.59. The van der Waals surface area contributed by atoms with E-state index in [9.17, 15) is 13.2 Å². The molecule has 0 radical (unpaired) electrons. The molecule has 2 N–H and O–H groups in total. The first kappa shape index (κ1) is 19.6. The smallest absolute Gasteiger partial charge is 0.262 e. The molecule has 3 aromatic rings. The maximum absolute atomic E-state index is 12.8. The number of nitrogens with one attached hydrogen (secondary N) is 2. The quantitative estimate of drug-likeness (QED) is 0.655. The lowest BCUT2D eigenvalue weighted by atomic mass is 10.1. The summed E-state index contributed by atoms with van der Waals surface area (Å²) in [7, 11) is -3.81. The van der Waals surface area contributed by atoms with Gasteiger partial charge in [0, 0.05) is 11.3 Å². The maximum atomic E-state index is 12.8. The van der Waals surface area contributed by atoms with Crippen LogP contribution in [0.1, 0.15) is 34.5 Å². The lowest BCUT2D eigenvalue weighted by Crippen LogP contribution is -2.27. The van der Waals surface area contributed by atoms with Crippen molar-refractivity contribution in [2.24, 2.45) is 0 Å². The Hall–Kier alpha value is -3.12. The van der Waals surface area contributed by atoms with Gasteiger partial charge in [-0.1, -0.05) is 54.6 Å². The van der Waals surface area contributed by atoms with Crippen molar-refractivity contribution in [3.8, 4) is 0 Å². The second-order valence-electron chi connectivity index (χ2n) is 6.56. The van der Waals surface area contributed by atoms with Gasteiger partial charge in [-0.15, -0.1) is 0 Å². The van der Waals surface area contributed by atoms with Gasteiger partial charge in [-0.3, -0.25) is 9.52 Å². The fourth-order valence-electron chi connectivity index (χ4n) is 2.85. The summed E-state index contributed by atoms with van der Waals surface area (Å²) in [4.78, 5) is 12.7. The van der Waals surface area contributed by atoms with E-state index in [1.54, 1.807) is 43.3 Å². The van der Waals surface area contributed by atoms with Gasteiger partial charge in [0.2, 0.25) is 0 Å². The molecule has 3 rings (SSSR count). The largest absolute Gasteiger partial charge is 0.346 e. The highest BCUT2D eigenvalue weighted by Crippen LogP contribution is 2.21. The van der Waals surface area contributed by atoms with Gasteiger partial charge in [0.05, 0.1) is 10.9 Å². The van der Waals surface area contributed by atoms with Gasteiger partial charge in [-0.2, -0.15) is 0 Å². The number of sulfonamides is 1. The zero-order valence-corrected chi connectivity index (χ0v) is 16.5. The number of anilines is 1. The second kappa shape index (κ2) is 8.27. The number of hydrogen-bond donors (Lipinski definition) is 2. The monoisotopic (exact) mass is 394 g/mol. The Morgan fingerprint density at radius 2 is 1.50 bits per heavy atom. The van der Waals surface area contributed by atoms with Crippen molar-refractivity contribution in [2.75, 3.05) is 4.72 Å². The first-order valence-corrected chi connectivity index (χ1v) is 10.4. The van der Waals surface area contributed by atoms with Gasteiger partial charge >= 0.3 is 0 Å². The van der Waals surface area contributed by atoms with Crippen LogP contribution in [0.2, 0.25) is 0 Å². The van der Waals surface area contributed by atoms with Crippen LogP contribution in [-0.2, 0) is 10.0 Å². The van der Waals surface area contributed by atoms with E-state index < -0.39 is 10.0 Å². The number of hydrogen-bond acceptors (Lipinski definition) is 3. The van der Waals surface area contributed by atoms with Crippen molar-refractivity contribution < 1.29 is 13.2 Å². The van der Waals surface area contributed by atoms with Gasteiger partial charge in [-0.05, 0) is 49.2 Å². The lowest BCUT2D eigenvalue weighted by Gasteiger charge is -2.16. The van der Waals surface area contributed by atoms with Gasteiger partial charge in [0.25, 0.3) is 15.9 Å². The number of rotatable bonds is 6. The fraction of sp³-hybridized carbons (Fsp3) is 0.136. The highest BCUT2D eigenvalue weighted by Gasteiger charge is 2.20. The van der Waals surface area contributed by atoms with Crippen LogP contribution in [0.3, 0.4) is 0 Å². The Balaban J connectivity index is 1.83. The predicted molar refractivity (Wildman–Crippen MR) is 111 cm³/mol. The van der Waals surface area contributed by atoms with Crippen molar-refractivity contribution in [2.45, 2.75) is 24.8 Å². The molecule has 1 atom stereocenters. The zero-order valence-electron chi connectivity index (χ0n) is 15.7. The number of benzene rings is 3. The standard InChI is InChI=1S/C22H22N2O3S/c1-16-13-14-19(22(25)23-17(2)18-9-5-3-6-10-18)15-21(16)28(26,27)24-20-11-7-4-8-12-20/h3-15,17,24H,1-2H3,(H,23,25). The van der Waals surface area contributed by atoms with Crippen LogP contribution in [0.15, 0.2) is 83.8 Å². The van der Waals surface area contributed by atoms with Crippen LogP contribution < -0.4 is 10.0 Å². The van der Waals surface area contributed by atoms with Crippen LogP contribution in [-0.4, -0.2) is 14.3 Å². The molecular formula is C22H22N2O3S. The van der Waals surface area contributed by atoms with Gasteiger partial charge < -0.3 is 5.32 Å². The predicted octanol–water partition coefficient (Wildman–Crippen LogP) is 4.29. The molecule has 0 heterocycles. The van der Waals surface area contributed by atoms with Gasteiger partial charge in [0.1, 0.15) is 0 Å². The van der Waals surface area contributed by atoms with E-state index in [1.165, 1.54) is 6.07 Å². The first-order chi connectivity index (χ1) is 13.4. The summed E-state index contributed by atoms with van der Waals surface area (Å²) in [6.07, 6.45) is 0. The summed E-state index contributed by atoms with van der Waals surface area (Å²) >= 11 is 0. The van der Waals surface area contributed by atoms with Crippen LogP contribution in [0.5, 0.6) is 0 Å². The van der Waals surface area contributed by atoms with Crippen molar-refractivity contribution >= 4 is 21.6 Å². The minimum Gasteiger partial charge on any atom is -0.346 e. The Labute approximate surface area is 165 Å². The van der Waals surface area contributed by atoms with E-state index in [0.717, 1.165) is 5.56 Å². The van der Waals surface area contributed by atoms with Crippen molar-refractivity contribution in [3.63, 3.8) is 0 Å². The molecule has 3 aromatic carbocycles. The SMILES string of the molecule is Cc1ccc(C(=O)NC(C)c2ccccc2)cc1S(=O)(=O)Nc1ccccc1. The molecule has 0 aliphatic rings. The van der Waals surface area contributed by atoms with E-state index >= 15 is 0 Å². The molecule has 0 aliphatic carbocycles. The van der Waals surface area contributed by atoms with Crippen LogP contribution >= 0.6 is 0 Å². The molecule has 0 aliphatic heterocycles. The average molecular weight is 394 g/mol. The van der Waals surface area contributed by atoms with Crippen LogP contribution in [0.25, 0.3) is 0 Å². The molecule has 28 heavy (non-hydrogen) atoms. The number of carbonyl (C=O) groups is 1. The molecule has 6 heteroatoms.